The Kier molecular flexibility index (Phi) is 6.66. The number of likely N-dealkylation sites (tertiary alicyclic amines) is 1. The van der Waals surface area contributed by atoms with Crippen LogP contribution in [0.4, 0.5) is 4.39 Å². The summed E-state index contributed by atoms with van der Waals surface area (Å²) < 4.78 is 13.5. The molecule has 1 aromatic carbocycles. The van der Waals surface area contributed by atoms with Gasteiger partial charge < -0.3 is 0 Å². The number of hydrazine groups is 1. The molecule has 2 fully saturated rings. The minimum absolute atomic E-state index is 0.0103. The Labute approximate surface area is 166 Å². The van der Waals surface area contributed by atoms with E-state index in [4.69, 9.17) is 0 Å². The SMILES string of the molecule is O=C(CCN1C(=O)[C@H]2CCCC[C@H]2C1=O)NNC(=O)CSc1ccccc1F. The van der Waals surface area contributed by atoms with Crippen LogP contribution < -0.4 is 10.9 Å². The van der Waals surface area contributed by atoms with Crippen molar-refractivity contribution in [3.05, 3.63) is 30.1 Å². The molecule has 9 heteroatoms. The van der Waals surface area contributed by atoms with Crippen molar-refractivity contribution >= 4 is 35.4 Å². The molecule has 0 bridgehead atoms. The number of amides is 4. The molecule has 2 aliphatic rings. The summed E-state index contributed by atoms with van der Waals surface area (Å²) in [7, 11) is 0. The van der Waals surface area contributed by atoms with Crippen LogP contribution in [-0.2, 0) is 19.2 Å². The molecule has 1 saturated heterocycles. The topological polar surface area (TPSA) is 95.6 Å². The fraction of sp³-hybridized carbons (Fsp3) is 0.474. The van der Waals surface area contributed by atoms with E-state index in [0.29, 0.717) is 4.90 Å². The van der Waals surface area contributed by atoms with Gasteiger partial charge in [0.05, 0.1) is 17.6 Å². The van der Waals surface area contributed by atoms with Gasteiger partial charge in [0.2, 0.25) is 23.6 Å². The van der Waals surface area contributed by atoms with Crippen molar-refractivity contribution in [1.82, 2.24) is 15.8 Å². The molecule has 3 rings (SSSR count). The highest BCUT2D eigenvalue weighted by Gasteiger charge is 2.47. The fourth-order valence-electron chi connectivity index (χ4n) is 3.61. The lowest BCUT2D eigenvalue weighted by Crippen LogP contribution is -2.44. The molecule has 1 aromatic rings. The van der Waals surface area contributed by atoms with Crippen LogP contribution in [0.15, 0.2) is 29.2 Å². The van der Waals surface area contributed by atoms with Crippen LogP contribution in [0, 0.1) is 17.7 Å². The first kappa shape index (κ1) is 20.3. The molecule has 0 unspecified atom stereocenters. The van der Waals surface area contributed by atoms with Gasteiger partial charge in [-0.2, -0.15) is 0 Å². The summed E-state index contributed by atoms with van der Waals surface area (Å²) in [5.41, 5.74) is 4.50. The van der Waals surface area contributed by atoms with E-state index in [1.165, 1.54) is 11.0 Å². The Morgan fingerprint density at radius 2 is 1.64 bits per heavy atom. The maximum Gasteiger partial charge on any atom is 0.248 e. The molecule has 0 aromatic heterocycles. The number of hydrogen-bond acceptors (Lipinski definition) is 5. The number of nitrogens with zero attached hydrogens (tertiary/aromatic N) is 1. The largest absolute Gasteiger partial charge is 0.282 e. The number of hydrogen-bond donors (Lipinski definition) is 2. The first-order chi connectivity index (χ1) is 13.5. The highest BCUT2D eigenvalue weighted by Crippen LogP contribution is 2.37. The van der Waals surface area contributed by atoms with E-state index in [1.807, 2.05) is 0 Å². The zero-order valence-electron chi connectivity index (χ0n) is 15.3. The molecule has 1 saturated carbocycles. The van der Waals surface area contributed by atoms with E-state index >= 15 is 0 Å². The van der Waals surface area contributed by atoms with E-state index in [1.54, 1.807) is 18.2 Å². The Hall–Kier alpha value is -2.42. The fourth-order valence-corrected chi connectivity index (χ4v) is 4.35. The highest BCUT2D eigenvalue weighted by molar-refractivity contribution is 8.00. The van der Waals surface area contributed by atoms with Crippen molar-refractivity contribution in [1.29, 1.82) is 0 Å². The maximum atomic E-state index is 13.5. The Bertz CT molecular complexity index is 764. The van der Waals surface area contributed by atoms with Gasteiger partial charge in [0.1, 0.15) is 5.82 Å². The third-order valence-corrected chi connectivity index (χ3v) is 6.08. The molecule has 7 nitrogen and oxygen atoms in total. The molecule has 1 aliphatic carbocycles. The predicted molar refractivity (Wildman–Crippen MR) is 100 cm³/mol. The Morgan fingerprint density at radius 1 is 1.04 bits per heavy atom. The van der Waals surface area contributed by atoms with Gasteiger partial charge in [0, 0.05) is 17.9 Å². The predicted octanol–water partition coefficient (Wildman–Crippen LogP) is 1.63. The molecule has 0 radical (unpaired) electrons. The second-order valence-corrected chi connectivity index (χ2v) is 7.91. The third-order valence-electron chi connectivity index (χ3n) is 5.03. The van der Waals surface area contributed by atoms with E-state index < -0.39 is 17.6 Å². The average molecular weight is 407 g/mol. The van der Waals surface area contributed by atoms with Crippen molar-refractivity contribution < 1.29 is 23.6 Å². The van der Waals surface area contributed by atoms with E-state index in [9.17, 15) is 23.6 Å². The van der Waals surface area contributed by atoms with Crippen LogP contribution in [0.1, 0.15) is 32.1 Å². The van der Waals surface area contributed by atoms with E-state index in [0.717, 1.165) is 37.4 Å². The van der Waals surface area contributed by atoms with Gasteiger partial charge in [-0.15, -0.1) is 11.8 Å². The van der Waals surface area contributed by atoms with Gasteiger partial charge in [-0.25, -0.2) is 4.39 Å². The van der Waals surface area contributed by atoms with Gasteiger partial charge in [-0.1, -0.05) is 25.0 Å². The lowest BCUT2D eigenvalue weighted by atomic mass is 9.81. The first-order valence-corrected chi connectivity index (χ1v) is 10.3. The number of imide groups is 1. The molecule has 0 spiro atoms. The molecule has 2 N–H and O–H groups in total. The molecular weight excluding hydrogens is 385 g/mol. The molecule has 28 heavy (non-hydrogen) atoms. The zero-order chi connectivity index (χ0) is 20.1. The van der Waals surface area contributed by atoms with Crippen LogP contribution in [0.5, 0.6) is 0 Å². The Morgan fingerprint density at radius 3 is 2.29 bits per heavy atom. The lowest BCUT2D eigenvalue weighted by molar-refractivity contribution is -0.140. The second-order valence-electron chi connectivity index (χ2n) is 6.89. The smallest absolute Gasteiger partial charge is 0.248 e. The maximum absolute atomic E-state index is 13.5. The monoisotopic (exact) mass is 407 g/mol. The highest BCUT2D eigenvalue weighted by atomic mass is 32.2. The molecule has 4 amide bonds. The lowest BCUT2D eigenvalue weighted by Gasteiger charge is -2.19. The summed E-state index contributed by atoms with van der Waals surface area (Å²) in [5.74, 6) is -2.31. The second kappa shape index (κ2) is 9.18. The van der Waals surface area contributed by atoms with Crippen LogP contribution >= 0.6 is 11.8 Å². The minimum Gasteiger partial charge on any atom is -0.282 e. The molecule has 1 heterocycles. The quantitative estimate of drug-likeness (QED) is 0.425. The third kappa shape index (κ3) is 4.70. The standard InChI is InChI=1S/C19H22FN3O4S/c20-14-7-3-4-8-15(14)28-11-17(25)22-21-16(24)9-10-23-18(26)12-5-1-2-6-13(12)19(23)27/h3-4,7-8,12-13H,1-2,5-6,9-11H2,(H,21,24)(H,22,25)/t12-,13+. The molecule has 1 aliphatic heterocycles. The van der Waals surface area contributed by atoms with Crippen LogP contribution in [-0.4, -0.2) is 40.8 Å². The molecule has 150 valence electrons. The average Bonchev–Trinajstić information content (AvgIpc) is 2.94. The normalized spacial score (nSPS) is 21.4. The van der Waals surface area contributed by atoms with Gasteiger partial charge in [-0.3, -0.25) is 34.9 Å². The number of rotatable bonds is 6. The summed E-state index contributed by atoms with van der Waals surface area (Å²) in [6.45, 7) is 0.0103. The summed E-state index contributed by atoms with van der Waals surface area (Å²) >= 11 is 1.02. The first-order valence-electron chi connectivity index (χ1n) is 9.27. The van der Waals surface area contributed by atoms with Crippen LogP contribution in [0.3, 0.4) is 0 Å². The number of carbonyl (C=O) groups is 4. The minimum atomic E-state index is -0.500. The number of halogens is 1. The van der Waals surface area contributed by atoms with Gasteiger partial charge in [-0.05, 0) is 25.0 Å². The van der Waals surface area contributed by atoms with Crippen molar-refractivity contribution in [3.63, 3.8) is 0 Å². The van der Waals surface area contributed by atoms with Gasteiger partial charge in [0.25, 0.3) is 0 Å². The number of carbonyl (C=O) groups excluding carboxylic acids is 4. The number of fused-ring (bicyclic) bond motifs is 1. The summed E-state index contributed by atoms with van der Waals surface area (Å²) in [5, 5.41) is 0. The van der Waals surface area contributed by atoms with Crippen molar-refractivity contribution in [3.8, 4) is 0 Å². The molecule has 2 atom stereocenters. The van der Waals surface area contributed by atoms with E-state index in [-0.39, 0.29) is 42.4 Å². The zero-order valence-corrected chi connectivity index (χ0v) is 16.1. The van der Waals surface area contributed by atoms with Crippen molar-refractivity contribution in [2.24, 2.45) is 11.8 Å². The van der Waals surface area contributed by atoms with Crippen LogP contribution in [0.2, 0.25) is 0 Å². The van der Waals surface area contributed by atoms with Gasteiger partial charge in [0.15, 0.2) is 0 Å². The number of nitrogens with one attached hydrogen (secondary N) is 2. The van der Waals surface area contributed by atoms with Crippen molar-refractivity contribution in [2.45, 2.75) is 37.0 Å². The Balaban J connectivity index is 1.38. The number of thioether (sulfide) groups is 1. The van der Waals surface area contributed by atoms with Crippen molar-refractivity contribution in [2.75, 3.05) is 12.3 Å². The van der Waals surface area contributed by atoms with Gasteiger partial charge >= 0.3 is 0 Å². The van der Waals surface area contributed by atoms with E-state index in [2.05, 4.69) is 10.9 Å². The summed E-state index contributed by atoms with van der Waals surface area (Å²) in [4.78, 5) is 49.9. The summed E-state index contributed by atoms with van der Waals surface area (Å²) in [6.07, 6.45) is 3.27. The molecular formula is C19H22FN3O4S. The summed E-state index contributed by atoms with van der Waals surface area (Å²) in [6, 6.07) is 6.10. The van der Waals surface area contributed by atoms with Crippen LogP contribution in [0.25, 0.3) is 0 Å². The number of benzene rings is 1.